The van der Waals surface area contributed by atoms with Crippen molar-refractivity contribution in [2.45, 2.75) is 12.8 Å². The van der Waals surface area contributed by atoms with Gasteiger partial charge in [0.25, 0.3) is 0 Å². The van der Waals surface area contributed by atoms with Crippen LogP contribution < -0.4 is 10.6 Å². The smallest absolute Gasteiger partial charge is 0.323 e. The number of anilines is 2. The minimum atomic E-state index is -0.611. The fourth-order valence-corrected chi connectivity index (χ4v) is 2.52. The number of benzene rings is 2. The molecule has 1 aliphatic rings. The molecule has 0 atom stereocenters. The molecule has 2 aromatic carbocycles. The van der Waals surface area contributed by atoms with Gasteiger partial charge in [-0.25, -0.2) is 4.79 Å². The van der Waals surface area contributed by atoms with Gasteiger partial charge in [-0.2, -0.15) is 0 Å². The largest absolute Gasteiger partial charge is 0.351 e. The number of nitrogens with two attached hydrogens (primary N) is 1. The van der Waals surface area contributed by atoms with Gasteiger partial charge in [0.2, 0.25) is 0 Å². The van der Waals surface area contributed by atoms with Gasteiger partial charge < -0.3 is 5.73 Å². The van der Waals surface area contributed by atoms with Crippen molar-refractivity contribution < 1.29 is 9.00 Å². The molecule has 0 saturated heterocycles. The molecule has 0 aromatic heterocycles. The second-order valence-corrected chi connectivity index (χ2v) is 6.66. The first-order chi connectivity index (χ1) is 10.5. The van der Waals surface area contributed by atoms with E-state index in [0.29, 0.717) is 0 Å². The van der Waals surface area contributed by atoms with Crippen LogP contribution in [-0.2, 0) is 23.6 Å². The molecule has 0 radical (unpaired) electrons. The summed E-state index contributed by atoms with van der Waals surface area (Å²) in [5.41, 5.74) is 9.67. The van der Waals surface area contributed by atoms with Gasteiger partial charge in [0.15, 0.2) is 0 Å². The summed E-state index contributed by atoms with van der Waals surface area (Å²) < 4.78 is 9.56. The normalized spacial score (nSPS) is 12.6. The van der Waals surface area contributed by atoms with E-state index in [9.17, 15) is 9.00 Å². The molecule has 1 aliphatic heterocycles. The van der Waals surface area contributed by atoms with Gasteiger partial charge in [-0.15, -0.1) is 0 Å². The lowest BCUT2D eigenvalue weighted by Crippen LogP contribution is -2.32. The Labute approximate surface area is 133 Å². The molecule has 22 heavy (non-hydrogen) atoms. The maximum atomic E-state index is 11.8. The zero-order valence-corrected chi connectivity index (χ0v) is 13.6. The number of amides is 2. The van der Waals surface area contributed by atoms with E-state index in [1.807, 2.05) is 36.4 Å². The number of rotatable bonds is 0. The van der Waals surface area contributed by atoms with Crippen molar-refractivity contribution in [3.05, 3.63) is 59.7 Å². The third-order valence-corrected chi connectivity index (χ3v) is 3.35. The van der Waals surface area contributed by atoms with E-state index in [1.165, 1.54) is 0 Å². The number of para-hydroxylation sites is 2. The van der Waals surface area contributed by atoms with E-state index in [4.69, 9.17) is 5.73 Å². The van der Waals surface area contributed by atoms with Crippen molar-refractivity contribution >= 4 is 28.2 Å². The van der Waals surface area contributed by atoms with Crippen LogP contribution in [-0.4, -0.2) is 22.8 Å². The molecule has 2 N–H and O–H groups in total. The minimum Gasteiger partial charge on any atom is -0.351 e. The van der Waals surface area contributed by atoms with Crippen LogP contribution in [0.25, 0.3) is 0 Å². The molecule has 0 bridgehead atoms. The van der Waals surface area contributed by atoms with E-state index in [0.717, 1.165) is 35.3 Å². The molecular weight excluding hydrogens is 296 g/mol. The highest BCUT2D eigenvalue weighted by Gasteiger charge is 2.23. The molecule has 116 valence electrons. The molecule has 3 rings (SSSR count). The fourth-order valence-electron chi connectivity index (χ4n) is 2.52. The average Bonchev–Trinajstić information content (AvgIpc) is 2.63. The molecule has 0 saturated carbocycles. The molecular formula is C17H20N2O2S. The van der Waals surface area contributed by atoms with Gasteiger partial charge in [0.05, 0.1) is 11.4 Å². The van der Waals surface area contributed by atoms with Crippen LogP contribution in [0.1, 0.15) is 11.1 Å². The molecule has 2 aromatic rings. The Morgan fingerprint density at radius 3 is 1.68 bits per heavy atom. The average molecular weight is 316 g/mol. The Kier molecular flexibility index (Phi) is 5.33. The molecule has 5 heteroatoms. The summed E-state index contributed by atoms with van der Waals surface area (Å²) in [6.45, 7) is 0. The van der Waals surface area contributed by atoms with E-state index in [1.54, 1.807) is 17.4 Å². The fraction of sp³-hybridized carbons (Fsp3) is 0.235. The van der Waals surface area contributed by atoms with Crippen LogP contribution in [0.4, 0.5) is 16.2 Å². The Morgan fingerprint density at radius 2 is 1.32 bits per heavy atom. The van der Waals surface area contributed by atoms with Crippen LogP contribution in [0, 0.1) is 0 Å². The molecule has 0 aliphatic carbocycles. The molecule has 4 nitrogen and oxygen atoms in total. The predicted molar refractivity (Wildman–Crippen MR) is 92.0 cm³/mol. The Hall–Kier alpha value is -2.14. The monoisotopic (exact) mass is 316 g/mol. The van der Waals surface area contributed by atoms with E-state index in [-0.39, 0.29) is 0 Å². The number of hydrogen-bond donors (Lipinski definition) is 1. The van der Waals surface area contributed by atoms with Crippen LogP contribution in [0.2, 0.25) is 0 Å². The lowest BCUT2D eigenvalue weighted by Gasteiger charge is -2.22. The number of carbonyl (C=O) groups is 1. The second-order valence-electron chi connectivity index (χ2n) is 5.17. The summed E-state index contributed by atoms with van der Waals surface area (Å²) in [5, 5.41) is 0. The number of urea groups is 1. The Morgan fingerprint density at radius 1 is 0.955 bits per heavy atom. The van der Waals surface area contributed by atoms with Crippen molar-refractivity contribution in [1.29, 1.82) is 0 Å². The highest BCUT2D eigenvalue weighted by molar-refractivity contribution is 7.83. The number of fused-ring (bicyclic) bond motifs is 2. The first kappa shape index (κ1) is 16.2. The zero-order chi connectivity index (χ0) is 16.1. The van der Waals surface area contributed by atoms with Gasteiger partial charge in [0, 0.05) is 23.3 Å². The van der Waals surface area contributed by atoms with Crippen LogP contribution in [0.5, 0.6) is 0 Å². The minimum absolute atomic E-state index is 0.434. The molecule has 1 heterocycles. The van der Waals surface area contributed by atoms with Crippen molar-refractivity contribution in [2.75, 3.05) is 17.4 Å². The van der Waals surface area contributed by atoms with Crippen molar-refractivity contribution in [1.82, 2.24) is 0 Å². The summed E-state index contributed by atoms with van der Waals surface area (Å²) in [6, 6.07) is 15.4. The third kappa shape index (κ3) is 3.74. The predicted octanol–water partition coefficient (Wildman–Crippen LogP) is 3.00. The Bertz CT molecular complexity index is 649. The molecule has 0 spiro atoms. The van der Waals surface area contributed by atoms with E-state index < -0.39 is 16.8 Å². The van der Waals surface area contributed by atoms with Crippen molar-refractivity contribution in [3.63, 3.8) is 0 Å². The van der Waals surface area contributed by atoms with Crippen molar-refractivity contribution in [3.8, 4) is 0 Å². The standard InChI is InChI=1S/C15H14N2O.C2H6OS/c16-15(18)17-13-7-3-1-5-11(13)9-10-12-6-2-4-8-14(12)17;1-4(2)3/h1-8H,9-10H2,(H2,16,18);1-2H3. The number of hydrogen-bond acceptors (Lipinski definition) is 2. The SMILES string of the molecule is CS(C)=O.NC(=O)N1c2ccccc2CCc2ccccc21. The van der Waals surface area contributed by atoms with E-state index in [2.05, 4.69) is 12.1 Å². The zero-order valence-electron chi connectivity index (χ0n) is 12.8. The first-order valence-electron chi connectivity index (χ1n) is 7.01. The maximum Gasteiger partial charge on any atom is 0.323 e. The van der Waals surface area contributed by atoms with Gasteiger partial charge >= 0.3 is 6.03 Å². The quantitative estimate of drug-likeness (QED) is 0.812. The molecule has 2 amide bonds. The summed E-state index contributed by atoms with van der Waals surface area (Å²) in [7, 11) is -0.611. The highest BCUT2D eigenvalue weighted by Crippen LogP contribution is 2.35. The first-order valence-corrected chi connectivity index (χ1v) is 8.97. The second kappa shape index (κ2) is 7.22. The van der Waals surface area contributed by atoms with Gasteiger partial charge in [0.1, 0.15) is 0 Å². The van der Waals surface area contributed by atoms with Crippen molar-refractivity contribution in [2.24, 2.45) is 5.73 Å². The number of carbonyl (C=O) groups excluding carboxylic acids is 1. The van der Waals surface area contributed by atoms with Gasteiger partial charge in [-0.05, 0) is 36.1 Å². The van der Waals surface area contributed by atoms with Crippen LogP contribution >= 0.6 is 0 Å². The third-order valence-electron chi connectivity index (χ3n) is 3.35. The highest BCUT2D eigenvalue weighted by atomic mass is 32.2. The topological polar surface area (TPSA) is 63.4 Å². The lowest BCUT2D eigenvalue weighted by atomic mass is 10.0. The Balaban J connectivity index is 0.000000396. The summed E-state index contributed by atoms with van der Waals surface area (Å²) in [4.78, 5) is 13.4. The summed E-state index contributed by atoms with van der Waals surface area (Å²) in [5.74, 6) is 0. The van der Waals surface area contributed by atoms with E-state index >= 15 is 0 Å². The number of primary amides is 1. The van der Waals surface area contributed by atoms with Gasteiger partial charge in [-0.1, -0.05) is 36.4 Å². The van der Waals surface area contributed by atoms with Crippen LogP contribution in [0.15, 0.2) is 48.5 Å². The summed E-state index contributed by atoms with van der Waals surface area (Å²) in [6.07, 6.45) is 5.13. The number of nitrogens with zero attached hydrogens (tertiary/aromatic N) is 1. The molecule has 0 unspecified atom stereocenters. The number of aryl methyl sites for hydroxylation is 2. The molecule has 0 fully saturated rings. The maximum absolute atomic E-state index is 11.8. The lowest BCUT2D eigenvalue weighted by molar-refractivity contribution is 0.256. The summed E-state index contributed by atoms with van der Waals surface area (Å²) >= 11 is 0. The van der Waals surface area contributed by atoms with Crippen LogP contribution in [0.3, 0.4) is 0 Å². The van der Waals surface area contributed by atoms with Gasteiger partial charge in [-0.3, -0.25) is 9.11 Å².